The van der Waals surface area contributed by atoms with Crippen LogP contribution >= 0.6 is 0 Å². The van der Waals surface area contributed by atoms with Gasteiger partial charge in [-0.25, -0.2) is 0 Å². The van der Waals surface area contributed by atoms with Crippen molar-refractivity contribution in [3.05, 3.63) is 35.4 Å². The Morgan fingerprint density at radius 1 is 1.40 bits per heavy atom. The molecule has 3 rings (SSSR count). The van der Waals surface area contributed by atoms with E-state index in [-0.39, 0.29) is 11.5 Å². The van der Waals surface area contributed by atoms with E-state index in [1.165, 1.54) is 0 Å². The van der Waals surface area contributed by atoms with Crippen molar-refractivity contribution in [1.82, 2.24) is 0 Å². The maximum atomic E-state index is 10.6. The zero-order valence-corrected chi connectivity index (χ0v) is 11.4. The molecule has 2 aliphatic heterocycles. The van der Waals surface area contributed by atoms with Crippen LogP contribution in [0.5, 0.6) is 0 Å². The third-order valence-electron chi connectivity index (χ3n) is 4.40. The van der Waals surface area contributed by atoms with E-state index >= 15 is 0 Å². The largest absolute Gasteiger partial charge is 0.388 e. The van der Waals surface area contributed by atoms with Gasteiger partial charge in [-0.15, -0.1) is 0 Å². The normalized spacial score (nSPS) is 31.1. The fourth-order valence-corrected chi connectivity index (χ4v) is 3.26. The standard InChI is InChI=1S/C16H19NO3/c17-10-12-2-1-3-13(8-12)15(18)14-4-6-20-16(9-14)5-7-19-11-16/h1-3,8,14-15,18H,4-7,9,11H2. The molecule has 2 fully saturated rings. The maximum Gasteiger partial charge on any atom is 0.0991 e. The molecule has 2 aliphatic rings. The predicted octanol–water partition coefficient (Wildman–Crippen LogP) is 2.18. The zero-order valence-electron chi connectivity index (χ0n) is 11.4. The first-order chi connectivity index (χ1) is 9.72. The molecule has 4 heteroatoms. The van der Waals surface area contributed by atoms with E-state index in [4.69, 9.17) is 14.7 Å². The van der Waals surface area contributed by atoms with Gasteiger partial charge in [0.2, 0.25) is 0 Å². The van der Waals surface area contributed by atoms with Crippen molar-refractivity contribution in [1.29, 1.82) is 5.26 Å². The molecule has 0 aliphatic carbocycles. The molecule has 4 nitrogen and oxygen atoms in total. The third kappa shape index (κ3) is 2.57. The summed E-state index contributed by atoms with van der Waals surface area (Å²) in [6.45, 7) is 2.05. The van der Waals surface area contributed by atoms with Crippen LogP contribution in [0.25, 0.3) is 0 Å². The lowest BCUT2D eigenvalue weighted by Gasteiger charge is -2.39. The molecule has 0 amide bonds. The van der Waals surface area contributed by atoms with Gasteiger partial charge in [-0.3, -0.25) is 0 Å². The summed E-state index contributed by atoms with van der Waals surface area (Å²) >= 11 is 0. The van der Waals surface area contributed by atoms with Crippen LogP contribution in [-0.4, -0.2) is 30.5 Å². The highest BCUT2D eigenvalue weighted by Crippen LogP contribution is 2.40. The lowest BCUT2D eigenvalue weighted by molar-refractivity contribution is -0.117. The average Bonchev–Trinajstić information content (AvgIpc) is 2.94. The van der Waals surface area contributed by atoms with Gasteiger partial charge < -0.3 is 14.6 Å². The van der Waals surface area contributed by atoms with E-state index in [1.807, 2.05) is 12.1 Å². The zero-order chi connectivity index (χ0) is 14.0. The molecule has 1 aromatic rings. The van der Waals surface area contributed by atoms with Crippen molar-refractivity contribution in [2.75, 3.05) is 19.8 Å². The monoisotopic (exact) mass is 273 g/mol. The first kappa shape index (κ1) is 13.6. The Balaban J connectivity index is 1.76. The van der Waals surface area contributed by atoms with Crippen molar-refractivity contribution in [3.8, 4) is 6.07 Å². The lowest BCUT2D eigenvalue weighted by atomic mass is 9.80. The van der Waals surface area contributed by atoms with Crippen LogP contribution in [0.1, 0.15) is 36.5 Å². The molecule has 1 N–H and O–H groups in total. The summed E-state index contributed by atoms with van der Waals surface area (Å²) in [5.74, 6) is 0.166. The summed E-state index contributed by atoms with van der Waals surface area (Å²) in [6, 6.07) is 9.36. The summed E-state index contributed by atoms with van der Waals surface area (Å²) in [5.41, 5.74) is 1.22. The van der Waals surface area contributed by atoms with Crippen LogP contribution < -0.4 is 0 Å². The van der Waals surface area contributed by atoms with Crippen molar-refractivity contribution in [3.63, 3.8) is 0 Å². The summed E-state index contributed by atoms with van der Waals surface area (Å²) in [5, 5.41) is 19.6. The minimum atomic E-state index is -0.537. The molecule has 2 saturated heterocycles. The highest BCUT2D eigenvalue weighted by Gasteiger charge is 2.42. The summed E-state index contributed by atoms with van der Waals surface area (Å²) < 4.78 is 11.4. The molecule has 106 valence electrons. The van der Waals surface area contributed by atoms with Crippen molar-refractivity contribution >= 4 is 0 Å². The van der Waals surface area contributed by atoms with Gasteiger partial charge in [0, 0.05) is 19.6 Å². The van der Waals surface area contributed by atoms with Gasteiger partial charge in [-0.1, -0.05) is 12.1 Å². The molecule has 0 saturated carbocycles. The van der Waals surface area contributed by atoms with Crippen LogP contribution in [0.4, 0.5) is 0 Å². The fourth-order valence-electron chi connectivity index (χ4n) is 3.26. The number of benzene rings is 1. The summed E-state index contributed by atoms with van der Waals surface area (Å²) in [6.07, 6.45) is 2.05. The van der Waals surface area contributed by atoms with Crippen LogP contribution in [0.2, 0.25) is 0 Å². The van der Waals surface area contributed by atoms with Crippen molar-refractivity contribution in [2.24, 2.45) is 5.92 Å². The van der Waals surface area contributed by atoms with Gasteiger partial charge in [0.1, 0.15) is 0 Å². The maximum absolute atomic E-state index is 10.6. The quantitative estimate of drug-likeness (QED) is 0.897. The Kier molecular flexibility index (Phi) is 3.75. The predicted molar refractivity (Wildman–Crippen MR) is 73.0 cm³/mol. The van der Waals surface area contributed by atoms with Gasteiger partial charge in [0.05, 0.1) is 29.9 Å². The molecule has 3 unspecified atom stereocenters. The van der Waals surface area contributed by atoms with Crippen LogP contribution in [0.15, 0.2) is 24.3 Å². The highest BCUT2D eigenvalue weighted by molar-refractivity contribution is 5.34. The molecule has 1 aromatic carbocycles. The number of nitrogens with zero attached hydrogens (tertiary/aromatic N) is 1. The molecule has 3 atom stereocenters. The molecule has 0 bridgehead atoms. The van der Waals surface area contributed by atoms with E-state index in [0.29, 0.717) is 18.8 Å². The molecule has 0 aromatic heterocycles. The van der Waals surface area contributed by atoms with E-state index in [1.54, 1.807) is 12.1 Å². The van der Waals surface area contributed by atoms with E-state index in [9.17, 15) is 5.11 Å². The Bertz CT molecular complexity index is 517. The number of aliphatic hydroxyl groups is 1. The minimum Gasteiger partial charge on any atom is -0.388 e. The third-order valence-corrected chi connectivity index (χ3v) is 4.40. The molecule has 20 heavy (non-hydrogen) atoms. The van der Waals surface area contributed by atoms with Crippen molar-refractivity contribution < 1.29 is 14.6 Å². The summed E-state index contributed by atoms with van der Waals surface area (Å²) in [4.78, 5) is 0. The van der Waals surface area contributed by atoms with Crippen LogP contribution in [-0.2, 0) is 9.47 Å². The van der Waals surface area contributed by atoms with Crippen molar-refractivity contribution in [2.45, 2.75) is 31.0 Å². The number of aliphatic hydroxyl groups excluding tert-OH is 1. The smallest absolute Gasteiger partial charge is 0.0991 e. The lowest BCUT2D eigenvalue weighted by Crippen LogP contribution is -2.41. The topological polar surface area (TPSA) is 62.5 Å². The number of nitriles is 1. The molecule has 1 spiro atoms. The fraction of sp³-hybridized carbons (Fsp3) is 0.562. The second-order valence-corrected chi connectivity index (χ2v) is 5.77. The average molecular weight is 273 g/mol. The van der Waals surface area contributed by atoms with Gasteiger partial charge in [0.25, 0.3) is 0 Å². The first-order valence-electron chi connectivity index (χ1n) is 7.12. The van der Waals surface area contributed by atoms with Gasteiger partial charge in [-0.2, -0.15) is 5.26 Å². The highest BCUT2D eigenvalue weighted by atomic mass is 16.6. The molecule has 0 radical (unpaired) electrons. The Hall–Kier alpha value is -1.41. The number of hydrogen-bond acceptors (Lipinski definition) is 4. The SMILES string of the molecule is N#Cc1cccc(C(O)C2CCOC3(CCOC3)C2)c1. The second kappa shape index (κ2) is 5.53. The molecular formula is C16H19NO3. The summed E-state index contributed by atoms with van der Waals surface area (Å²) in [7, 11) is 0. The van der Waals surface area contributed by atoms with E-state index in [0.717, 1.165) is 31.4 Å². The number of ether oxygens (including phenoxy) is 2. The van der Waals surface area contributed by atoms with Gasteiger partial charge in [0.15, 0.2) is 0 Å². The van der Waals surface area contributed by atoms with E-state index < -0.39 is 6.10 Å². The Morgan fingerprint density at radius 2 is 2.30 bits per heavy atom. The van der Waals surface area contributed by atoms with Gasteiger partial charge in [-0.05, 0) is 36.5 Å². The Morgan fingerprint density at radius 3 is 3.05 bits per heavy atom. The number of rotatable bonds is 2. The first-order valence-corrected chi connectivity index (χ1v) is 7.12. The number of hydrogen-bond donors (Lipinski definition) is 1. The van der Waals surface area contributed by atoms with E-state index in [2.05, 4.69) is 6.07 Å². The van der Waals surface area contributed by atoms with Gasteiger partial charge >= 0.3 is 0 Å². The molecular weight excluding hydrogens is 254 g/mol. The Labute approximate surface area is 118 Å². The minimum absolute atomic E-state index is 0.166. The van der Waals surface area contributed by atoms with Crippen LogP contribution in [0, 0.1) is 17.2 Å². The van der Waals surface area contributed by atoms with Crippen LogP contribution in [0.3, 0.4) is 0 Å². The molecule has 2 heterocycles. The second-order valence-electron chi connectivity index (χ2n) is 5.77.